The van der Waals surface area contributed by atoms with Crippen molar-refractivity contribution in [1.82, 2.24) is 0 Å². The van der Waals surface area contributed by atoms with Crippen LogP contribution in [0.5, 0.6) is 5.75 Å². The molecule has 1 aromatic rings. The molecule has 0 aromatic heterocycles. The van der Waals surface area contributed by atoms with Crippen LogP contribution < -0.4 is 0 Å². The fourth-order valence-corrected chi connectivity index (χ4v) is 1.90. The van der Waals surface area contributed by atoms with Gasteiger partial charge in [-0.3, -0.25) is 0 Å². The van der Waals surface area contributed by atoms with E-state index in [2.05, 4.69) is 15.9 Å². The van der Waals surface area contributed by atoms with Crippen molar-refractivity contribution in [2.45, 2.75) is 26.7 Å². The minimum Gasteiger partial charge on any atom is -0.506 e. The third-order valence-electron chi connectivity index (χ3n) is 2.36. The number of hydrogen-bond acceptors (Lipinski definition) is 2. The van der Waals surface area contributed by atoms with E-state index in [1.54, 1.807) is 0 Å². The number of aryl methyl sites for hydroxylation is 2. The summed E-state index contributed by atoms with van der Waals surface area (Å²) in [5.74, 6) is 0.259. The summed E-state index contributed by atoms with van der Waals surface area (Å²) in [4.78, 5) is 10.2. The first kappa shape index (κ1) is 11.2. The average molecular weight is 257 g/mol. The molecule has 0 aliphatic rings. The monoisotopic (exact) mass is 256 g/mol. The molecule has 0 saturated heterocycles. The average Bonchev–Trinajstić information content (AvgIpc) is 2.18. The lowest BCUT2D eigenvalue weighted by atomic mass is 10.0. The lowest BCUT2D eigenvalue weighted by Crippen LogP contribution is -1.92. The van der Waals surface area contributed by atoms with E-state index >= 15 is 0 Å². The summed E-state index contributed by atoms with van der Waals surface area (Å²) in [6, 6.07) is 1.93. The first-order valence-corrected chi connectivity index (χ1v) is 5.28. The maximum atomic E-state index is 10.2. The Kier molecular flexibility index (Phi) is 3.69. The van der Waals surface area contributed by atoms with Gasteiger partial charge in [-0.1, -0.05) is 6.07 Å². The zero-order chi connectivity index (χ0) is 10.7. The van der Waals surface area contributed by atoms with Crippen molar-refractivity contribution in [2.24, 2.45) is 0 Å². The molecule has 0 atom stereocenters. The van der Waals surface area contributed by atoms with Gasteiger partial charge < -0.3 is 9.90 Å². The van der Waals surface area contributed by atoms with Gasteiger partial charge in [0.1, 0.15) is 12.0 Å². The largest absolute Gasteiger partial charge is 0.506 e. The van der Waals surface area contributed by atoms with Crippen LogP contribution in [-0.2, 0) is 11.2 Å². The summed E-state index contributed by atoms with van der Waals surface area (Å²) in [5, 5.41) is 9.77. The summed E-state index contributed by atoms with van der Waals surface area (Å²) >= 11 is 3.33. The van der Waals surface area contributed by atoms with E-state index in [1.165, 1.54) is 0 Å². The minimum absolute atomic E-state index is 0.259. The van der Waals surface area contributed by atoms with Gasteiger partial charge in [0.15, 0.2) is 0 Å². The van der Waals surface area contributed by atoms with Gasteiger partial charge in [-0.2, -0.15) is 0 Å². The first-order chi connectivity index (χ1) is 6.57. The summed E-state index contributed by atoms with van der Waals surface area (Å²) in [6.07, 6.45) is 1.90. The molecule has 0 bridgehead atoms. The third-order valence-corrected chi connectivity index (χ3v) is 3.33. The van der Waals surface area contributed by atoms with Crippen molar-refractivity contribution in [2.75, 3.05) is 0 Å². The van der Waals surface area contributed by atoms with Crippen LogP contribution in [0.15, 0.2) is 10.5 Å². The van der Waals surface area contributed by atoms with E-state index in [0.717, 1.165) is 27.4 Å². The molecular formula is C11H13BrO2. The number of aldehydes is 1. The van der Waals surface area contributed by atoms with Crippen molar-refractivity contribution < 1.29 is 9.90 Å². The molecule has 1 N–H and O–H groups in total. The second-order valence-corrected chi connectivity index (χ2v) is 4.14. The number of benzene rings is 1. The Morgan fingerprint density at radius 2 is 2.14 bits per heavy atom. The standard InChI is InChI=1S/C11H13BrO2/c1-7-6-9(4-3-5-13)11(14)10(12)8(7)2/h5-6,14H,3-4H2,1-2H3. The normalized spacial score (nSPS) is 10.2. The van der Waals surface area contributed by atoms with Crippen LogP contribution in [0.2, 0.25) is 0 Å². The van der Waals surface area contributed by atoms with Crippen molar-refractivity contribution in [3.8, 4) is 5.75 Å². The molecule has 0 aliphatic carbocycles. The van der Waals surface area contributed by atoms with Crippen molar-refractivity contribution in [3.63, 3.8) is 0 Å². The van der Waals surface area contributed by atoms with Crippen LogP contribution in [0.4, 0.5) is 0 Å². The van der Waals surface area contributed by atoms with Crippen LogP contribution in [0.1, 0.15) is 23.1 Å². The van der Waals surface area contributed by atoms with Gasteiger partial charge in [0.05, 0.1) is 4.47 Å². The van der Waals surface area contributed by atoms with Crippen molar-refractivity contribution in [3.05, 3.63) is 27.2 Å². The summed E-state index contributed by atoms with van der Waals surface area (Å²) in [6.45, 7) is 3.94. The van der Waals surface area contributed by atoms with Crippen LogP contribution in [0.3, 0.4) is 0 Å². The number of rotatable bonds is 3. The number of phenolic OH excluding ortho intramolecular Hbond substituents is 1. The van der Waals surface area contributed by atoms with Crippen LogP contribution in [-0.4, -0.2) is 11.4 Å². The molecule has 14 heavy (non-hydrogen) atoms. The molecule has 0 aliphatic heterocycles. The van der Waals surface area contributed by atoms with Crippen molar-refractivity contribution in [1.29, 1.82) is 0 Å². The number of aromatic hydroxyl groups is 1. The van der Waals surface area contributed by atoms with E-state index in [-0.39, 0.29) is 5.75 Å². The first-order valence-electron chi connectivity index (χ1n) is 4.49. The molecule has 3 heteroatoms. The Morgan fingerprint density at radius 3 is 2.71 bits per heavy atom. The smallest absolute Gasteiger partial charge is 0.133 e. The highest BCUT2D eigenvalue weighted by Gasteiger charge is 2.10. The number of halogens is 1. The molecule has 0 radical (unpaired) electrons. The Hall–Kier alpha value is -0.830. The molecule has 0 fully saturated rings. The lowest BCUT2D eigenvalue weighted by molar-refractivity contribution is -0.107. The van der Waals surface area contributed by atoms with Crippen LogP contribution >= 0.6 is 15.9 Å². The number of carbonyl (C=O) groups excluding carboxylic acids is 1. The predicted molar refractivity (Wildman–Crippen MR) is 59.7 cm³/mol. The van der Waals surface area contributed by atoms with Gasteiger partial charge in [0, 0.05) is 6.42 Å². The summed E-state index contributed by atoms with van der Waals surface area (Å²) in [7, 11) is 0. The molecule has 0 spiro atoms. The highest BCUT2D eigenvalue weighted by atomic mass is 79.9. The lowest BCUT2D eigenvalue weighted by Gasteiger charge is -2.10. The second-order valence-electron chi connectivity index (χ2n) is 3.35. The number of hydrogen-bond donors (Lipinski definition) is 1. The van der Waals surface area contributed by atoms with Gasteiger partial charge in [0.2, 0.25) is 0 Å². The van der Waals surface area contributed by atoms with Crippen LogP contribution in [0, 0.1) is 13.8 Å². The zero-order valence-corrected chi connectivity index (χ0v) is 9.89. The quantitative estimate of drug-likeness (QED) is 0.845. The molecule has 0 unspecified atom stereocenters. The Bertz CT molecular complexity index is 359. The highest BCUT2D eigenvalue weighted by molar-refractivity contribution is 9.10. The van der Waals surface area contributed by atoms with Gasteiger partial charge >= 0.3 is 0 Å². The van der Waals surface area contributed by atoms with Gasteiger partial charge in [-0.05, 0) is 52.9 Å². The SMILES string of the molecule is Cc1cc(CCC=O)c(O)c(Br)c1C. The summed E-state index contributed by atoms with van der Waals surface area (Å²) in [5.41, 5.74) is 2.99. The Labute approximate surface area is 92.1 Å². The molecule has 0 amide bonds. The van der Waals surface area contributed by atoms with Gasteiger partial charge in [-0.25, -0.2) is 0 Å². The topological polar surface area (TPSA) is 37.3 Å². The molecule has 2 nitrogen and oxygen atoms in total. The minimum atomic E-state index is 0.259. The van der Waals surface area contributed by atoms with E-state index in [4.69, 9.17) is 0 Å². The van der Waals surface area contributed by atoms with E-state index in [1.807, 2.05) is 19.9 Å². The molecule has 1 rings (SSSR count). The second kappa shape index (κ2) is 4.60. The van der Waals surface area contributed by atoms with Gasteiger partial charge in [0.25, 0.3) is 0 Å². The Balaban J connectivity index is 3.12. The van der Waals surface area contributed by atoms with Crippen molar-refractivity contribution >= 4 is 22.2 Å². The van der Waals surface area contributed by atoms with E-state index in [0.29, 0.717) is 12.8 Å². The third kappa shape index (κ3) is 2.15. The maximum absolute atomic E-state index is 10.2. The maximum Gasteiger partial charge on any atom is 0.133 e. The molecule has 76 valence electrons. The predicted octanol–water partition coefficient (Wildman–Crippen LogP) is 2.90. The number of carbonyl (C=O) groups is 1. The fraction of sp³-hybridized carbons (Fsp3) is 0.364. The molecular weight excluding hydrogens is 244 g/mol. The molecule has 1 aromatic carbocycles. The van der Waals surface area contributed by atoms with Gasteiger partial charge in [-0.15, -0.1) is 0 Å². The number of phenols is 1. The van der Waals surface area contributed by atoms with Crippen LogP contribution in [0.25, 0.3) is 0 Å². The fourth-order valence-electron chi connectivity index (χ4n) is 1.33. The highest BCUT2D eigenvalue weighted by Crippen LogP contribution is 2.33. The van der Waals surface area contributed by atoms with E-state index in [9.17, 15) is 9.90 Å². The Morgan fingerprint density at radius 1 is 1.50 bits per heavy atom. The molecule has 0 saturated carbocycles. The molecule has 0 heterocycles. The van der Waals surface area contributed by atoms with E-state index < -0.39 is 0 Å². The zero-order valence-electron chi connectivity index (χ0n) is 8.30. The summed E-state index contributed by atoms with van der Waals surface area (Å²) < 4.78 is 0.735.